The molecule has 0 aromatic heterocycles. The predicted molar refractivity (Wildman–Crippen MR) is 92.4 cm³/mol. The minimum absolute atomic E-state index is 0.400. The van der Waals surface area contributed by atoms with E-state index in [1.165, 1.54) is 0 Å². The van der Waals surface area contributed by atoms with Crippen LogP contribution >= 0.6 is 43.5 Å². The average molecular weight is 436 g/mol. The van der Waals surface area contributed by atoms with Crippen LogP contribution in [0.3, 0.4) is 0 Å². The van der Waals surface area contributed by atoms with Gasteiger partial charge in [-0.15, -0.1) is 0 Å². The molecule has 0 saturated heterocycles. The second-order valence-corrected chi connectivity index (χ2v) is 6.46. The van der Waals surface area contributed by atoms with E-state index in [2.05, 4.69) is 31.9 Å². The minimum atomic E-state index is -0.400. The van der Waals surface area contributed by atoms with Gasteiger partial charge in [0.15, 0.2) is 0 Å². The van der Waals surface area contributed by atoms with Crippen molar-refractivity contribution < 1.29 is 9.47 Å². The Morgan fingerprint density at radius 1 is 1.05 bits per heavy atom. The third-order valence-corrected chi connectivity index (χ3v) is 4.72. The first kappa shape index (κ1) is 16.6. The van der Waals surface area contributed by atoms with Gasteiger partial charge in [0.2, 0.25) is 0 Å². The molecule has 2 N–H and O–H groups in total. The summed E-state index contributed by atoms with van der Waals surface area (Å²) < 4.78 is 12.4. The zero-order valence-electron chi connectivity index (χ0n) is 11.5. The lowest BCUT2D eigenvalue weighted by Crippen LogP contribution is -2.14. The van der Waals surface area contributed by atoms with E-state index in [-0.39, 0.29) is 0 Å². The van der Waals surface area contributed by atoms with Gasteiger partial charge in [-0.1, -0.05) is 33.6 Å². The Bertz CT molecular complexity index is 664. The van der Waals surface area contributed by atoms with Crippen molar-refractivity contribution in [2.75, 3.05) is 14.2 Å². The van der Waals surface area contributed by atoms with Crippen molar-refractivity contribution >= 4 is 43.5 Å². The molecule has 6 heteroatoms. The summed E-state index contributed by atoms with van der Waals surface area (Å²) in [7, 11) is 3.20. The maximum atomic E-state index is 6.36. The molecule has 0 bridgehead atoms. The Kier molecular flexibility index (Phi) is 5.54. The molecule has 0 aliphatic heterocycles. The van der Waals surface area contributed by atoms with Crippen molar-refractivity contribution in [3.05, 3.63) is 55.4 Å². The molecule has 0 radical (unpaired) electrons. The maximum absolute atomic E-state index is 6.36. The van der Waals surface area contributed by atoms with E-state index >= 15 is 0 Å². The molecule has 0 saturated carbocycles. The fourth-order valence-corrected chi connectivity index (χ4v) is 3.56. The molecule has 2 aromatic carbocycles. The lowest BCUT2D eigenvalue weighted by molar-refractivity contribution is 0.385. The van der Waals surface area contributed by atoms with Crippen LogP contribution in [0, 0.1) is 0 Å². The van der Waals surface area contributed by atoms with Crippen molar-refractivity contribution in [3.8, 4) is 11.5 Å². The van der Waals surface area contributed by atoms with Gasteiger partial charge in [-0.3, -0.25) is 0 Å². The Morgan fingerprint density at radius 2 is 1.71 bits per heavy atom. The van der Waals surface area contributed by atoms with Crippen molar-refractivity contribution in [2.24, 2.45) is 5.73 Å². The Hall–Kier alpha value is -0.750. The van der Waals surface area contributed by atoms with Crippen LogP contribution in [0.5, 0.6) is 11.5 Å². The molecule has 0 aliphatic rings. The van der Waals surface area contributed by atoms with Crippen LogP contribution in [0.2, 0.25) is 5.02 Å². The van der Waals surface area contributed by atoms with E-state index in [1.54, 1.807) is 14.2 Å². The number of benzene rings is 2. The van der Waals surface area contributed by atoms with Crippen LogP contribution < -0.4 is 15.2 Å². The first-order valence-electron chi connectivity index (χ1n) is 6.10. The van der Waals surface area contributed by atoms with Crippen molar-refractivity contribution in [1.29, 1.82) is 0 Å². The maximum Gasteiger partial charge on any atom is 0.141 e. The van der Waals surface area contributed by atoms with Gasteiger partial charge >= 0.3 is 0 Å². The molecule has 0 amide bonds. The van der Waals surface area contributed by atoms with Crippen LogP contribution in [-0.4, -0.2) is 14.2 Å². The monoisotopic (exact) mass is 433 g/mol. The molecule has 0 spiro atoms. The van der Waals surface area contributed by atoms with Gasteiger partial charge in [0.25, 0.3) is 0 Å². The molecule has 1 unspecified atom stereocenters. The van der Waals surface area contributed by atoms with Gasteiger partial charge in [-0.25, -0.2) is 0 Å². The van der Waals surface area contributed by atoms with Gasteiger partial charge in [-0.2, -0.15) is 0 Å². The Morgan fingerprint density at radius 3 is 2.29 bits per heavy atom. The molecule has 3 nitrogen and oxygen atoms in total. The standard InChI is InChI=1S/C15H14Br2ClNO2/c1-20-12-6-5-10(15(21-2)13(12)17)14(19)9-4-3-8(16)7-11(9)18/h3-7,14H,19H2,1-2H3. The lowest BCUT2D eigenvalue weighted by atomic mass is 9.98. The zero-order chi connectivity index (χ0) is 15.6. The van der Waals surface area contributed by atoms with Crippen molar-refractivity contribution in [1.82, 2.24) is 0 Å². The molecule has 21 heavy (non-hydrogen) atoms. The van der Waals surface area contributed by atoms with Gasteiger partial charge in [0, 0.05) is 15.1 Å². The van der Waals surface area contributed by atoms with E-state index in [4.69, 9.17) is 26.8 Å². The Labute approximate surface area is 145 Å². The molecule has 0 fully saturated rings. The quantitative estimate of drug-likeness (QED) is 0.741. The highest BCUT2D eigenvalue weighted by Crippen LogP contribution is 2.41. The molecule has 112 valence electrons. The fraction of sp³-hybridized carbons (Fsp3) is 0.200. The molecule has 2 aromatic rings. The average Bonchev–Trinajstić information content (AvgIpc) is 2.46. The molecule has 0 aliphatic carbocycles. The SMILES string of the molecule is COc1ccc(C(N)c2ccc(Br)cc2Cl)c(OC)c1Br. The second-order valence-electron chi connectivity index (χ2n) is 4.35. The minimum Gasteiger partial charge on any atom is -0.495 e. The third-order valence-electron chi connectivity index (χ3n) is 3.15. The summed E-state index contributed by atoms with van der Waals surface area (Å²) in [5.74, 6) is 1.32. The van der Waals surface area contributed by atoms with Crippen LogP contribution in [-0.2, 0) is 0 Å². The highest BCUT2D eigenvalue weighted by atomic mass is 79.9. The summed E-state index contributed by atoms with van der Waals surface area (Å²) in [5, 5.41) is 0.603. The van der Waals surface area contributed by atoms with Crippen molar-refractivity contribution in [2.45, 2.75) is 6.04 Å². The van der Waals surface area contributed by atoms with Crippen LogP contribution in [0.15, 0.2) is 39.3 Å². The first-order chi connectivity index (χ1) is 9.99. The van der Waals surface area contributed by atoms with E-state index in [1.807, 2.05) is 30.3 Å². The van der Waals surface area contributed by atoms with E-state index in [0.717, 1.165) is 20.1 Å². The molecular weight excluding hydrogens is 421 g/mol. The normalized spacial score (nSPS) is 12.1. The summed E-state index contributed by atoms with van der Waals surface area (Å²) in [5.41, 5.74) is 8.02. The van der Waals surface area contributed by atoms with Crippen LogP contribution in [0.1, 0.15) is 17.2 Å². The van der Waals surface area contributed by atoms with E-state index in [0.29, 0.717) is 16.5 Å². The summed E-state index contributed by atoms with van der Waals surface area (Å²) in [6.45, 7) is 0. The number of rotatable bonds is 4. The largest absolute Gasteiger partial charge is 0.495 e. The van der Waals surface area contributed by atoms with E-state index < -0.39 is 6.04 Å². The Balaban J connectivity index is 2.52. The number of methoxy groups -OCH3 is 2. The molecule has 1 atom stereocenters. The zero-order valence-corrected chi connectivity index (χ0v) is 15.4. The number of hydrogen-bond acceptors (Lipinski definition) is 3. The highest BCUT2D eigenvalue weighted by Gasteiger charge is 2.20. The first-order valence-corrected chi connectivity index (χ1v) is 8.07. The van der Waals surface area contributed by atoms with Gasteiger partial charge < -0.3 is 15.2 Å². The topological polar surface area (TPSA) is 44.5 Å². The van der Waals surface area contributed by atoms with Crippen LogP contribution in [0.25, 0.3) is 0 Å². The summed E-state index contributed by atoms with van der Waals surface area (Å²) >= 11 is 13.1. The second kappa shape index (κ2) is 7.01. The third kappa shape index (κ3) is 3.37. The number of halogens is 3. The van der Waals surface area contributed by atoms with Gasteiger partial charge in [0.05, 0.1) is 20.3 Å². The summed E-state index contributed by atoms with van der Waals surface area (Å²) in [4.78, 5) is 0. The number of ether oxygens (including phenoxy) is 2. The number of nitrogens with two attached hydrogens (primary N) is 1. The number of hydrogen-bond donors (Lipinski definition) is 1. The highest BCUT2D eigenvalue weighted by molar-refractivity contribution is 9.11. The predicted octanol–water partition coefficient (Wildman–Crippen LogP) is 4.93. The van der Waals surface area contributed by atoms with Gasteiger partial charge in [0.1, 0.15) is 16.0 Å². The molecular formula is C15H14Br2ClNO2. The van der Waals surface area contributed by atoms with Crippen LogP contribution in [0.4, 0.5) is 0 Å². The molecule has 0 heterocycles. The summed E-state index contributed by atoms with van der Waals surface area (Å²) in [6, 6.07) is 8.95. The summed E-state index contributed by atoms with van der Waals surface area (Å²) in [6.07, 6.45) is 0. The van der Waals surface area contributed by atoms with E-state index in [9.17, 15) is 0 Å². The molecule has 2 rings (SSSR count). The lowest BCUT2D eigenvalue weighted by Gasteiger charge is -2.19. The smallest absolute Gasteiger partial charge is 0.141 e. The fourth-order valence-electron chi connectivity index (χ4n) is 2.08. The van der Waals surface area contributed by atoms with Gasteiger partial charge in [-0.05, 0) is 45.8 Å². The van der Waals surface area contributed by atoms with Crippen molar-refractivity contribution in [3.63, 3.8) is 0 Å².